The Kier molecular flexibility index (Phi) is 4.00. The van der Waals surface area contributed by atoms with Gasteiger partial charge in [-0.1, -0.05) is 12.8 Å². The minimum atomic E-state index is -0.343. The van der Waals surface area contributed by atoms with Crippen molar-refractivity contribution in [3.05, 3.63) is 24.2 Å². The number of nitrogens with zero attached hydrogens (tertiary/aromatic N) is 1. The summed E-state index contributed by atoms with van der Waals surface area (Å²) in [7, 11) is 0. The Bertz CT molecular complexity index is 557. The molecule has 3 rings (SSSR count). The minimum absolute atomic E-state index is 0.185. The third-order valence-corrected chi connectivity index (χ3v) is 4.58. The summed E-state index contributed by atoms with van der Waals surface area (Å²) in [5.74, 6) is -0.496. The number of carbonyl (C=O) groups excluding carboxylic acids is 3. The normalized spacial score (nSPS) is 26.0. The predicted molar refractivity (Wildman–Crippen MR) is 77.4 cm³/mol. The van der Waals surface area contributed by atoms with E-state index in [0.717, 1.165) is 30.6 Å². The summed E-state index contributed by atoms with van der Waals surface area (Å²) in [4.78, 5) is 37.8. The molecule has 0 radical (unpaired) electrons. The van der Waals surface area contributed by atoms with Crippen molar-refractivity contribution in [3.63, 3.8) is 0 Å². The van der Waals surface area contributed by atoms with E-state index in [1.807, 2.05) is 0 Å². The quantitative estimate of drug-likeness (QED) is 0.857. The smallest absolute Gasteiger partial charge is 0.240 e. The van der Waals surface area contributed by atoms with Gasteiger partial charge in [0, 0.05) is 0 Å². The van der Waals surface area contributed by atoms with Crippen LogP contribution in [-0.4, -0.2) is 29.2 Å². The maximum absolute atomic E-state index is 12.3. The summed E-state index contributed by atoms with van der Waals surface area (Å²) in [6.07, 6.45) is 5.02. The van der Waals surface area contributed by atoms with E-state index >= 15 is 0 Å². The second-order valence-corrected chi connectivity index (χ2v) is 6.06. The molecule has 0 unspecified atom stereocenters. The lowest BCUT2D eigenvalue weighted by Crippen LogP contribution is -2.41. The molecule has 1 aliphatic heterocycles. The molecule has 1 aromatic rings. The van der Waals surface area contributed by atoms with Crippen molar-refractivity contribution < 1.29 is 18.8 Å². The van der Waals surface area contributed by atoms with Crippen LogP contribution in [0, 0.1) is 11.8 Å². The number of fused-ring (bicyclic) bond motifs is 1. The molecule has 2 aliphatic rings. The first-order valence-corrected chi connectivity index (χ1v) is 7.76. The van der Waals surface area contributed by atoms with Crippen molar-refractivity contribution in [2.45, 2.75) is 38.6 Å². The maximum atomic E-state index is 12.3. The Hall–Kier alpha value is -2.11. The zero-order valence-corrected chi connectivity index (χ0v) is 12.6. The lowest BCUT2D eigenvalue weighted by atomic mass is 9.81. The Morgan fingerprint density at radius 1 is 1.32 bits per heavy atom. The number of amides is 3. The average molecular weight is 304 g/mol. The van der Waals surface area contributed by atoms with Crippen LogP contribution < -0.4 is 5.32 Å². The van der Waals surface area contributed by atoms with Crippen LogP contribution in [0.15, 0.2) is 22.8 Å². The molecule has 6 nitrogen and oxygen atoms in total. The van der Waals surface area contributed by atoms with Crippen LogP contribution in [0.1, 0.15) is 44.4 Å². The topological polar surface area (TPSA) is 79.6 Å². The van der Waals surface area contributed by atoms with E-state index in [4.69, 9.17) is 4.42 Å². The molecular weight excluding hydrogens is 284 g/mol. The fourth-order valence-electron chi connectivity index (χ4n) is 3.43. The summed E-state index contributed by atoms with van der Waals surface area (Å²) < 4.78 is 5.22. The molecule has 0 spiro atoms. The number of imide groups is 1. The predicted octanol–water partition coefficient (Wildman–Crippen LogP) is 1.63. The molecule has 2 fully saturated rings. The van der Waals surface area contributed by atoms with Crippen molar-refractivity contribution in [1.82, 2.24) is 10.2 Å². The van der Waals surface area contributed by atoms with Gasteiger partial charge in [-0.25, -0.2) is 0 Å². The van der Waals surface area contributed by atoms with Gasteiger partial charge >= 0.3 is 0 Å². The lowest BCUT2D eigenvalue weighted by molar-refractivity contribution is -0.143. The largest absolute Gasteiger partial charge is 0.467 e. The standard InChI is InChI=1S/C16H20N2O4/c1-10(13-7-4-8-22-13)17-14(19)9-18-15(20)11-5-2-3-6-12(11)16(18)21/h4,7-8,10-12H,2-3,5-6,9H2,1H3,(H,17,19)/t10-,11-,12+/m0/s1. The molecule has 0 aromatic carbocycles. The number of furan rings is 1. The molecule has 1 aromatic heterocycles. The zero-order chi connectivity index (χ0) is 15.7. The third kappa shape index (κ3) is 2.65. The molecule has 1 saturated carbocycles. The van der Waals surface area contributed by atoms with E-state index < -0.39 is 0 Å². The molecule has 0 bridgehead atoms. The molecule has 3 amide bonds. The van der Waals surface area contributed by atoms with Gasteiger partial charge in [0.25, 0.3) is 0 Å². The first-order valence-electron chi connectivity index (χ1n) is 7.76. The highest BCUT2D eigenvalue weighted by molar-refractivity contribution is 6.07. The van der Waals surface area contributed by atoms with Gasteiger partial charge in [-0.05, 0) is 31.9 Å². The van der Waals surface area contributed by atoms with E-state index in [1.165, 1.54) is 6.26 Å². The number of hydrogen-bond acceptors (Lipinski definition) is 4. The first-order chi connectivity index (χ1) is 10.6. The highest BCUT2D eigenvalue weighted by Crippen LogP contribution is 2.37. The summed E-state index contributed by atoms with van der Waals surface area (Å²) in [6.45, 7) is 1.60. The SMILES string of the molecule is C[C@H](NC(=O)CN1C(=O)[C@H]2CCCC[C@H]2C1=O)c1ccco1. The number of carbonyl (C=O) groups is 3. The molecule has 6 heteroatoms. The van der Waals surface area contributed by atoms with E-state index in [-0.39, 0.29) is 42.1 Å². The van der Waals surface area contributed by atoms with Crippen molar-refractivity contribution in [2.24, 2.45) is 11.8 Å². The van der Waals surface area contributed by atoms with Crippen LogP contribution in [-0.2, 0) is 14.4 Å². The molecule has 1 aliphatic carbocycles. The van der Waals surface area contributed by atoms with Crippen molar-refractivity contribution in [2.75, 3.05) is 6.54 Å². The van der Waals surface area contributed by atoms with Gasteiger partial charge in [-0.2, -0.15) is 0 Å². The van der Waals surface area contributed by atoms with Crippen LogP contribution in [0.4, 0.5) is 0 Å². The summed E-state index contributed by atoms with van der Waals surface area (Å²) in [5, 5.41) is 2.75. The zero-order valence-electron chi connectivity index (χ0n) is 12.6. The highest BCUT2D eigenvalue weighted by Gasteiger charge is 2.48. The van der Waals surface area contributed by atoms with Crippen LogP contribution in [0.5, 0.6) is 0 Å². The molecule has 1 saturated heterocycles. The third-order valence-electron chi connectivity index (χ3n) is 4.58. The number of rotatable bonds is 4. The second-order valence-electron chi connectivity index (χ2n) is 6.06. The van der Waals surface area contributed by atoms with Gasteiger partial charge in [-0.15, -0.1) is 0 Å². The van der Waals surface area contributed by atoms with Gasteiger partial charge in [-0.3, -0.25) is 19.3 Å². The van der Waals surface area contributed by atoms with Crippen LogP contribution >= 0.6 is 0 Å². The molecular formula is C16H20N2O4. The number of nitrogens with one attached hydrogen (secondary N) is 1. The summed E-state index contributed by atoms with van der Waals surface area (Å²) in [5.41, 5.74) is 0. The molecule has 1 N–H and O–H groups in total. The van der Waals surface area contributed by atoms with Crippen molar-refractivity contribution >= 4 is 17.7 Å². The second kappa shape index (κ2) is 5.94. The maximum Gasteiger partial charge on any atom is 0.240 e. The summed E-state index contributed by atoms with van der Waals surface area (Å²) in [6, 6.07) is 3.22. The van der Waals surface area contributed by atoms with Crippen LogP contribution in [0.3, 0.4) is 0 Å². The van der Waals surface area contributed by atoms with E-state index in [1.54, 1.807) is 19.1 Å². The monoisotopic (exact) mass is 304 g/mol. The van der Waals surface area contributed by atoms with Crippen LogP contribution in [0.25, 0.3) is 0 Å². The molecule has 2 heterocycles. The Labute approximate surface area is 128 Å². The average Bonchev–Trinajstić information content (AvgIpc) is 3.12. The number of likely N-dealkylation sites (tertiary alicyclic amines) is 1. The van der Waals surface area contributed by atoms with E-state index in [0.29, 0.717) is 5.76 Å². The Morgan fingerprint density at radius 3 is 2.50 bits per heavy atom. The lowest BCUT2D eigenvalue weighted by Gasteiger charge is -2.19. The fourth-order valence-corrected chi connectivity index (χ4v) is 3.43. The molecule has 3 atom stereocenters. The van der Waals surface area contributed by atoms with Crippen molar-refractivity contribution in [3.8, 4) is 0 Å². The van der Waals surface area contributed by atoms with Crippen molar-refractivity contribution in [1.29, 1.82) is 0 Å². The van der Waals surface area contributed by atoms with Crippen LogP contribution in [0.2, 0.25) is 0 Å². The Morgan fingerprint density at radius 2 is 1.95 bits per heavy atom. The highest BCUT2D eigenvalue weighted by atomic mass is 16.3. The summed E-state index contributed by atoms with van der Waals surface area (Å²) >= 11 is 0. The fraction of sp³-hybridized carbons (Fsp3) is 0.562. The van der Waals surface area contributed by atoms with Gasteiger partial charge in [0.05, 0.1) is 24.1 Å². The number of hydrogen-bond donors (Lipinski definition) is 1. The molecule has 22 heavy (non-hydrogen) atoms. The molecule has 118 valence electrons. The minimum Gasteiger partial charge on any atom is -0.467 e. The Balaban J connectivity index is 1.61. The first kappa shape index (κ1) is 14.8. The van der Waals surface area contributed by atoms with Gasteiger partial charge in [0.15, 0.2) is 0 Å². The van der Waals surface area contributed by atoms with E-state index in [2.05, 4.69) is 5.32 Å². The van der Waals surface area contributed by atoms with Gasteiger partial charge in [0.1, 0.15) is 12.3 Å². The van der Waals surface area contributed by atoms with Gasteiger partial charge < -0.3 is 9.73 Å². The van der Waals surface area contributed by atoms with E-state index in [9.17, 15) is 14.4 Å². The van der Waals surface area contributed by atoms with Gasteiger partial charge in [0.2, 0.25) is 17.7 Å².